The van der Waals surface area contributed by atoms with Gasteiger partial charge < -0.3 is 34.4 Å². The Hall–Kier alpha value is -5.25. The van der Waals surface area contributed by atoms with E-state index in [2.05, 4.69) is 15.6 Å². The summed E-state index contributed by atoms with van der Waals surface area (Å²) in [4.78, 5) is 28.4. The maximum absolute atomic E-state index is 12.4. The number of anilines is 1. The van der Waals surface area contributed by atoms with Gasteiger partial charge >= 0.3 is 0 Å². The number of aromatic nitrogens is 1. The second-order valence-corrected chi connectivity index (χ2v) is 12.0. The van der Waals surface area contributed by atoms with Gasteiger partial charge in [-0.15, -0.1) is 0 Å². The average Bonchev–Trinajstić information content (AvgIpc) is 3.21. The van der Waals surface area contributed by atoms with Crippen LogP contribution in [0.25, 0.3) is 10.9 Å². The fraction of sp³-hybridized carbons (Fsp3) is 0.326. The van der Waals surface area contributed by atoms with E-state index in [1.807, 2.05) is 81.6 Å². The Morgan fingerprint density at radius 3 is 2.17 bits per heavy atom. The first kappa shape index (κ1) is 39.5. The van der Waals surface area contributed by atoms with Crippen molar-refractivity contribution < 1.29 is 28.5 Å². The summed E-state index contributed by atoms with van der Waals surface area (Å²) in [5.74, 6) is 2.17. The van der Waals surface area contributed by atoms with Gasteiger partial charge in [-0.1, -0.05) is 81.6 Å². The number of nitrogens with zero attached hydrogens (tertiary/aromatic N) is 1. The third-order valence-corrected chi connectivity index (χ3v) is 8.49. The maximum Gasteiger partial charge on any atom is 0.255 e. The Kier molecular flexibility index (Phi) is 16.6. The monoisotopic (exact) mass is 705 g/mol. The zero-order chi connectivity index (χ0) is 37.0. The summed E-state index contributed by atoms with van der Waals surface area (Å²) in [6.45, 7) is 5.04. The van der Waals surface area contributed by atoms with E-state index in [1.165, 1.54) is 32.1 Å². The number of rotatable bonds is 14. The molecule has 1 saturated carbocycles. The highest BCUT2D eigenvalue weighted by Gasteiger charge is 2.14. The van der Waals surface area contributed by atoms with Gasteiger partial charge in [0.05, 0.1) is 31.4 Å². The lowest BCUT2D eigenvalue weighted by molar-refractivity contribution is -0.109. The topological polar surface area (TPSA) is 108 Å². The van der Waals surface area contributed by atoms with Crippen LogP contribution in [-0.2, 0) is 9.53 Å². The van der Waals surface area contributed by atoms with Crippen LogP contribution in [0.1, 0.15) is 74.3 Å². The van der Waals surface area contributed by atoms with Crippen LogP contribution in [0.15, 0.2) is 109 Å². The minimum atomic E-state index is -0.353. The number of carbonyl (C=O) groups is 2. The molecule has 0 spiro atoms. The van der Waals surface area contributed by atoms with Gasteiger partial charge in [0.2, 0.25) is 0 Å². The second-order valence-electron chi connectivity index (χ2n) is 12.0. The molecule has 6 rings (SSSR count). The summed E-state index contributed by atoms with van der Waals surface area (Å²) in [5.41, 5.74) is 2.87. The number of benzene rings is 4. The number of pyridine rings is 1. The zero-order valence-electron chi connectivity index (χ0n) is 30.7. The van der Waals surface area contributed by atoms with Gasteiger partial charge in [-0.05, 0) is 79.9 Å². The highest BCUT2D eigenvalue weighted by molar-refractivity contribution is 6.04. The number of aldehydes is 1. The van der Waals surface area contributed by atoms with Crippen LogP contribution in [0.2, 0.25) is 0 Å². The van der Waals surface area contributed by atoms with Crippen molar-refractivity contribution >= 4 is 28.8 Å². The van der Waals surface area contributed by atoms with Crippen LogP contribution in [0.5, 0.6) is 23.0 Å². The molecule has 9 nitrogen and oxygen atoms in total. The number of carbonyl (C=O) groups excluding carboxylic acids is 2. The van der Waals surface area contributed by atoms with Crippen molar-refractivity contribution in [1.29, 1.82) is 0 Å². The molecular formula is C43H51N3O6. The predicted octanol–water partition coefficient (Wildman–Crippen LogP) is 9.58. The molecule has 0 unspecified atom stereocenters. The van der Waals surface area contributed by atoms with Gasteiger partial charge in [-0.3, -0.25) is 9.78 Å². The van der Waals surface area contributed by atoms with Crippen molar-refractivity contribution in [3.05, 3.63) is 120 Å². The molecule has 2 N–H and O–H groups in total. The van der Waals surface area contributed by atoms with Gasteiger partial charge in [0.25, 0.3) is 5.91 Å². The molecular weight excluding hydrogens is 654 g/mol. The lowest BCUT2D eigenvalue weighted by Gasteiger charge is -2.19. The van der Waals surface area contributed by atoms with Crippen molar-refractivity contribution in [2.45, 2.75) is 64.5 Å². The second kappa shape index (κ2) is 21.9. The molecule has 5 aromatic rings. The lowest BCUT2D eigenvalue weighted by Crippen LogP contribution is -2.24. The largest absolute Gasteiger partial charge is 0.493 e. The molecule has 1 atom stereocenters. The number of methoxy groups -OCH3 is 2. The molecule has 52 heavy (non-hydrogen) atoms. The van der Waals surface area contributed by atoms with Crippen molar-refractivity contribution in [3.8, 4) is 23.0 Å². The number of fused-ring (bicyclic) bond motifs is 1. The summed E-state index contributed by atoms with van der Waals surface area (Å²) in [6, 6.07) is 30.9. The molecule has 0 radical (unpaired) electrons. The van der Waals surface area contributed by atoms with E-state index >= 15 is 0 Å². The smallest absolute Gasteiger partial charge is 0.255 e. The lowest BCUT2D eigenvalue weighted by atomic mass is 9.98. The van der Waals surface area contributed by atoms with Gasteiger partial charge in [-0.2, -0.15) is 0 Å². The van der Waals surface area contributed by atoms with Crippen LogP contribution in [0.4, 0.5) is 5.69 Å². The van der Waals surface area contributed by atoms with Crippen LogP contribution in [0.3, 0.4) is 0 Å². The summed E-state index contributed by atoms with van der Waals surface area (Å²) in [6.07, 6.45) is 10.6. The Bertz CT molecular complexity index is 1780. The SMILES string of the molecule is CC.COC1CCCCC1.COc1cc2c(Oc3ccc(NC(=O)c4ccccc4)cc3)ccnc2cc1OCCCN[C@H](C=O)c1ccccc1. The minimum Gasteiger partial charge on any atom is -0.493 e. The number of amides is 1. The Balaban J connectivity index is 0.000000528. The fourth-order valence-electron chi connectivity index (χ4n) is 5.73. The van der Waals surface area contributed by atoms with Crippen molar-refractivity contribution in [2.24, 2.45) is 0 Å². The van der Waals surface area contributed by atoms with E-state index in [-0.39, 0.29) is 11.9 Å². The molecule has 4 aromatic carbocycles. The van der Waals surface area contributed by atoms with E-state index in [1.54, 1.807) is 55.8 Å². The third kappa shape index (κ3) is 11.9. The molecule has 0 saturated heterocycles. The molecule has 9 heteroatoms. The molecule has 1 amide bonds. The quantitative estimate of drug-likeness (QED) is 0.0869. The Morgan fingerprint density at radius 2 is 1.54 bits per heavy atom. The van der Waals surface area contributed by atoms with Crippen LogP contribution in [-0.4, -0.2) is 50.7 Å². The average molecular weight is 706 g/mol. The van der Waals surface area contributed by atoms with Crippen LogP contribution < -0.4 is 24.8 Å². The Morgan fingerprint density at radius 1 is 0.846 bits per heavy atom. The maximum atomic E-state index is 12.4. The van der Waals surface area contributed by atoms with Crippen LogP contribution >= 0.6 is 0 Å². The minimum absolute atomic E-state index is 0.178. The van der Waals surface area contributed by atoms with Gasteiger partial charge in [0.1, 0.15) is 17.8 Å². The Labute approximate surface area is 307 Å². The number of hydrogen-bond donors (Lipinski definition) is 2. The molecule has 1 aromatic heterocycles. The zero-order valence-corrected chi connectivity index (χ0v) is 30.7. The molecule has 0 aliphatic heterocycles. The first-order valence-electron chi connectivity index (χ1n) is 18.1. The molecule has 1 heterocycles. The molecule has 1 aliphatic carbocycles. The molecule has 0 bridgehead atoms. The van der Waals surface area contributed by atoms with E-state index in [4.69, 9.17) is 18.9 Å². The molecule has 1 fully saturated rings. The number of nitrogens with one attached hydrogen (secondary N) is 2. The summed E-state index contributed by atoms with van der Waals surface area (Å²) >= 11 is 0. The van der Waals surface area contributed by atoms with Gasteiger partial charge in [0, 0.05) is 36.0 Å². The van der Waals surface area contributed by atoms with E-state index in [0.717, 1.165) is 17.2 Å². The van der Waals surface area contributed by atoms with E-state index in [0.29, 0.717) is 65.4 Å². The molecule has 274 valence electrons. The normalized spacial score (nSPS) is 13.0. The van der Waals surface area contributed by atoms with Crippen LogP contribution in [0, 0.1) is 0 Å². The van der Waals surface area contributed by atoms with Gasteiger partial charge in [-0.25, -0.2) is 0 Å². The first-order valence-corrected chi connectivity index (χ1v) is 18.1. The van der Waals surface area contributed by atoms with Crippen molar-refractivity contribution in [2.75, 3.05) is 32.7 Å². The van der Waals surface area contributed by atoms with Gasteiger partial charge in [0.15, 0.2) is 11.5 Å². The molecule has 1 aliphatic rings. The van der Waals surface area contributed by atoms with Crippen molar-refractivity contribution in [3.63, 3.8) is 0 Å². The van der Waals surface area contributed by atoms with Crippen molar-refractivity contribution in [1.82, 2.24) is 10.3 Å². The number of hydrogen-bond acceptors (Lipinski definition) is 8. The third-order valence-electron chi connectivity index (χ3n) is 8.49. The number of ether oxygens (including phenoxy) is 4. The fourth-order valence-corrected chi connectivity index (χ4v) is 5.73. The summed E-state index contributed by atoms with van der Waals surface area (Å²) in [5, 5.41) is 6.90. The van der Waals surface area contributed by atoms with E-state index < -0.39 is 0 Å². The predicted molar refractivity (Wildman–Crippen MR) is 208 cm³/mol. The highest BCUT2D eigenvalue weighted by Crippen LogP contribution is 2.37. The standard InChI is InChI=1S/C34H31N3O5.C7H14O.C2H6/c1-40-32-21-28-29(22-33(32)41-20-8-18-35-30(23-38)24-9-4-2-5-10-24)36-19-17-31(28)42-27-15-13-26(14-16-27)37-34(39)25-11-6-3-7-12-25;1-8-7-5-3-2-4-6-7;1-2/h2-7,9-17,19,21-23,30,35H,8,18,20H2,1H3,(H,37,39);7H,2-6H2,1H3;1-2H3/t30-;;/m1../s1. The summed E-state index contributed by atoms with van der Waals surface area (Å²) in [7, 11) is 3.40. The summed E-state index contributed by atoms with van der Waals surface area (Å²) < 4.78 is 23.0. The van der Waals surface area contributed by atoms with E-state index in [9.17, 15) is 9.59 Å². The highest BCUT2D eigenvalue weighted by atomic mass is 16.5. The first-order chi connectivity index (χ1) is 25.6.